The van der Waals surface area contributed by atoms with Crippen molar-refractivity contribution < 1.29 is 54.0 Å². The Kier molecular flexibility index (Phi) is 4.99. The monoisotopic (exact) mass is 460 g/mol. The molecule has 3 rings (SSSR count). The van der Waals surface area contributed by atoms with Crippen LogP contribution in [0.5, 0.6) is 28.7 Å². The van der Waals surface area contributed by atoms with Gasteiger partial charge in [0.2, 0.25) is 11.2 Å². The van der Waals surface area contributed by atoms with Crippen LogP contribution < -0.4 is 13.8 Å². The molecule has 0 atom stereocenters. The average Bonchev–Trinajstić information content (AvgIpc) is 2.57. The lowest BCUT2D eigenvalue weighted by atomic mass is 10.1. The zero-order valence-corrected chi connectivity index (χ0v) is 15.8. The van der Waals surface area contributed by atoms with Gasteiger partial charge in [0.05, 0.1) is 0 Å². The van der Waals surface area contributed by atoms with Crippen molar-refractivity contribution in [1.29, 1.82) is 0 Å². The van der Waals surface area contributed by atoms with Crippen molar-refractivity contribution in [2.75, 3.05) is 0 Å². The summed E-state index contributed by atoms with van der Waals surface area (Å²) in [4.78, 5) is 12.4. The first-order valence-corrected chi connectivity index (χ1v) is 10.1. The number of hydrogen-bond donors (Lipinski definition) is 3. The van der Waals surface area contributed by atoms with E-state index in [4.69, 9.17) is 4.42 Å². The maximum atomic E-state index is 12.4. The standard InChI is InChI=1S/C15H10O13S2/c16-8-3-6(1-2-10(8)28-30(23,24)25)15-14(19)13(18)12-9(17)4-7(5-11(12)26-15)27-29(20,21)22/h1-5,16-17,19H,(H,20,21,22)(H,23,24,25)/p-2. The van der Waals surface area contributed by atoms with Crippen molar-refractivity contribution in [1.82, 2.24) is 0 Å². The van der Waals surface area contributed by atoms with Gasteiger partial charge in [0.25, 0.3) is 20.8 Å². The minimum absolute atomic E-state index is 0.207. The van der Waals surface area contributed by atoms with E-state index in [1.807, 2.05) is 0 Å². The first-order chi connectivity index (χ1) is 13.7. The molecule has 0 spiro atoms. The van der Waals surface area contributed by atoms with Crippen LogP contribution in [0.3, 0.4) is 0 Å². The van der Waals surface area contributed by atoms with E-state index in [2.05, 4.69) is 8.37 Å². The van der Waals surface area contributed by atoms with Gasteiger partial charge in [-0.05, 0) is 18.2 Å². The van der Waals surface area contributed by atoms with Crippen LogP contribution in [0, 0.1) is 0 Å². The maximum absolute atomic E-state index is 12.4. The molecule has 160 valence electrons. The molecule has 0 saturated carbocycles. The molecule has 0 radical (unpaired) electrons. The Bertz CT molecular complexity index is 1440. The second-order valence-corrected chi connectivity index (χ2v) is 7.56. The smallest absolute Gasteiger partial charge is 0.262 e. The maximum Gasteiger partial charge on any atom is 0.262 e. The quantitative estimate of drug-likeness (QED) is 0.343. The van der Waals surface area contributed by atoms with Gasteiger partial charge in [0.15, 0.2) is 17.3 Å². The van der Waals surface area contributed by atoms with Crippen molar-refractivity contribution in [3.63, 3.8) is 0 Å². The average molecular weight is 460 g/mol. The molecule has 0 fully saturated rings. The molecule has 0 saturated heterocycles. The third kappa shape index (κ3) is 4.38. The van der Waals surface area contributed by atoms with Crippen LogP contribution in [-0.4, -0.2) is 41.3 Å². The van der Waals surface area contributed by atoms with Crippen LogP contribution in [0.15, 0.2) is 39.5 Å². The van der Waals surface area contributed by atoms with Crippen LogP contribution in [0.25, 0.3) is 22.3 Å². The molecule has 1 aromatic heterocycles. The van der Waals surface area contributed by atoms with Crippen LogP contribution in [0.1, 0.15) is 0 Å². The second-order valence-electron chi connectivity index (χ2n) is 5.59. The first kappa shape index (κ1) is 21.2. The molecule has 30 heavy (non-hydrogen) atoms. The molecule has 0 aliphatic carbocycles. The van der Waals surface area contributed by atoms with Gasteiger partial charge in [-0.25, -0.2) is 16.8 Å². The molecular formula is C15H8O13S2-2. The molecule has 0 aliphatic heterocycles. The van der Waals surface area contributed by atoms with Crippen molar-refractivity contribution in [2.24, 2.45) is 0 Å². The largest absolute Gasteiger partial charge is 0.716 e. The number of rotatable bonds is 5. The summed E-state index contributed by atoms with van der Waals surface area (Å²) in [6, 6.07) is 4.02. The third-order valence-electron chi connectivity index (χ3n) is 3.54. The van der Waals surface area contributed by atoms with Crippen LogP contribution in [0.4, 0.5) is 0 Å². The number of benzene rings is 2. The van der Waals surface area contributed by atoms with Crippen LogP contribution >= 0.6 is 0 Å². The Labute approximate surface area is 166 Å². The highest BCUT2D eigenvalue weighted by Gasteiger charge is 2.20. The molecule has 13 nitrogen and oxygen atoms in total. The van der Waals surface area contributed by atoms with Gasteiger partial charge in [-0.1, -0.05) is 0 Å². The minimum atomic E-state index is -5.22. The fraction of sp³-hybridized carbons (Fsp3) is 0. The van der Waals surface area contributed by atoms with Crippen molar-refractivity contribution >= 4 is 31.8 Å². The Hall–Kier alpha value is -3.53. The zero-order valence-electron chi connectivity index (χ0n) is 14.1. The number of fused-ring (bicyclic) bond motifs is 1. The Morgan fingerprint density at radius 1 is 0.867 bits per heavy atom. The highest BCUT2D eigenvalue weighted by Crippen LogP contribution is 2.38. The van der Waals surface area contributed by atoms with Crippen molar-refractivity contribution in [3.8, 4) is 40.1 Å². The van der Waals surface area contributed by atoms with Crippen molar-refractivity contribution in [2.45, 2.75) is 0 Å². The summed E-state index contributed by atoms with van der Waals surface area (Å²) in [5, 5.41) is 29.3. The number of phenols is 2. The molecule has 0 amide bonds. The van der Waals surface area contributed by atoms with Gasteiger partial charge in [0.1, 0.15) is 22.5 Å². The third-order valence-corrected chi connectivity index (χ3v) is 4.32. The van der Waals surface area contributed by atoms with Gasteiger partial charge in [-0.2, -0.15) is 0 Å². The summed E-state index contributed by atoms with van der Waals surface area (Å²) in [5.74, 6) is -4.80. The molecule has 0 bridgehead atoms. The molecule has 0 unspecified atom stereocenters. The van der Waals surface area contributed by atoms with Crippen LogP contribution in [-0.2, 0) is 20.8 Å². The topological polar surface area (TPSA) is 224 Å². The SMILES string of the molecule is O=c1c(O)c(-c2ccc(OS(=O)(=O)[O-])c(O)c2)oc2cc(OS(=O)(=O)[O-])cc(O)c12. The van der Waals surface area contributed by atoms with Gasteiger partial charge < -0.3 is 37.2 Å². The van der Waals surface area contributed by atoms with Gasteiger partial charge >= 0.3 is 0 Å². The summed E-state index contributed by atoms with van der Waals surface area (Å²) in [7, 11) is -10.4. The summed E-state index contributed by atoms with van der Waals surface area (Å²) >= 11 is 0. The van der Waals surface area contributed by atoms with E-state index < -0.39 is 71.7 Å². The van der Waals surface area contributed by atoms with E-state index in [0.29, 0.717) is 6.07 Å². The Morgan fingerprint density at radius 3 is 2.07 bits per heavy atom. The van der Waals surface area contributed by atoms with E-state index >= 15 is 0 Å². The summed E-state index contributed by atoms with van der Waals surface area (Å²) in [6.45, 7) is 0. The van der Waals surface area contributed by atoms with E-state index in [0.717, 1.165) is 24.3 Å². The summed E-state index contributed by atoms with van der Waals surface area (Å²) in [5.41, 5.74) is -1.88. The van der Waals surface area contributed by atoms with E-state index in [-0.39, 0.29) is 5.56 Å². The molecule has 0 aliphatic rings. The Balaban J connectivity index is 2.20. The number of phenolic OH excluding ortho intramolecular Hbond substituents is 2. The van der Waals surface area contributed by atoms with Crippen molar-refractivity contribution in [3.05, 3.63) is 40.6 Å². The first-order valence-electron chi connectivity index (χ1n) is 7.42. The Morgan fingerprint density at radius 2 is 1.50 bits per heavy atom. The lowest BCUT2D eigenvalue weighted by molar-refractivity contribution is 0.359. The molecule has 15 heteroatoms. The predicted octanol–water partition coefficient (Wildman–Crippen LogP) is 0.255. The fourth-order valence-electron chi connectivity index (χ4n) is 2.47. The second kappa shape index (κ2) is 7.06. The summed E-state index contributed by atoms with van der Waals surface area (Å²) in [6.07, 6.45) is 0. The lowest BCUT2D eigenvalue weighted by Crippen LogP contribution is -2.08. The van der Waals surface area contributed by atoms with Gasteiger partial charge in [-0.3, -0.25) is 4.79 Å². The normalized spacial score (nSPS) is 12.1. The highest BCUT2D eigenvalue weighted by molar-refractivity contribution is 7.81. The fourth-order valence-corrected chi connectivity index (χ4v) is 3.16. The zero-order chi connectivity index (χ0) is 22.4. The number of aromatic hydroxyl groups is 3. The lowest BCUT2D eigenvalue weighted by Gasteiger charge is -2.13. The minimum Gasteiger partial charge on any atom is -0.716 e. The van der Waals surface area contributed by atoms with E-state index in [9.17, 15) is 46.1 Å². The summed E-state index contributed by atoms with van der Waals surface area (Å²) < 4.78 is 77.4. The highest BCUT2D eigenvalue weighted by atomic mass is 32.3. The van der Waals surface area contributed by atoms with Gasteiger partial charge in [-0.15, -0.1) is 0 Å². The predicted molar refractivity (Wildman–Crippen MR) is 93.6 cm³/mol. The van der Waals surface area contributed by atoms with E-state index in [1.165, 1.54) is 0 Å². The van der Waals surface area contributed by atoms with E-state index in [1.54, 1.807) is 0 Å². The molecule has 3 N–H and O–H groups in total. The molecule has 1 heterocycles. The van der Waals surface area contributed by atoms with Gasteiger partial charge in [0, 0.05) is 17.7 Å². The molecule has 2 aromatic carbocycles. The van der Waals surface area contributed by atoms with Crippen LogP contribution in [0.2, 0.25) is 0 Å². The molecule has 3 aromatic rings. The molecular weight excluding hydrogens is 452 g/mol. The number of hydrogen-bond acceptors (Lipinski definition) is 13.